The van der Waals surface area contributed by atoms with Crippen molar-refractivity contribution in [3.05, 3.63) is 35.4 Å². The minimum atomic E-state index is 0.0735. The number of piperidine rings is 1. The lowest BCUT2D eigenvalue weighted by atomic mass is 9.90. The first-order valence-electron chi connectivity index (χ1n) is 5.11. The molecule has 2 rings (SSSR count). The Hall–Kier alpha value is -1.31. The third-order valence-corrected chi connectivity index (χ3v) is 2.77. The van der Waals surface area contributed by atoms with Crippen LogP contribution in [-0.4, -0.2) is 12.5 Å². The average molecular weight is 189 g/mol. The van der Waals surface area contributed by atoms with E-state index in [1.54, 1.807) is 0 Å². The summed E-state index contributed by atoms with van der Waals surface area (Å²) in [6, 6.07) is 8.25. The molecular formula is C12H15NO. The zero-order chi connectivity index (χ0) is 9.97. The van der Waals surface area contributed by atoms with Gasteiger partial charge in [0.1, 0.15) is 0 Å². The van der Waals surface area contributed by atoms with E-state index in [-0.39, 0.29) is 11.8 Å². The summed E-state index contributed by atoms with van der Waals surface area (Å²) in [5.41, 5.74) is 2.39. The first-order valence-corrected chi connectivity index (χ1v) is 5.11. The van der Waals surface area contributed by atoms with Crippen LogP contribution >= 0.6 is 0 Å². The van der Waals surface area contributed by atoms with E-state index in [9.17, 15) is 4.79 Å². The van der Waals surface area contributed by atoms with Gasteiger partial charge >= 0.3 is 0 Å². The van der Waals surface area contributed by atoms with Crippen LogP contribution in [-0.2, 0) is 4.79 Å². The molecule has 1 aromatic carbocycles. The van der Waals surface area contributed by atoms with Crippen molar-refractivity contribution in [2.45, 2.75) is 25.7 Å². The highest BCUT2D eigenvalue weighted by molar-refractivity contribution is 5.84. The van der Waals surface area contributed by atoms with Crippen LogP contribution in [0.25, 0.3) is 0 Å². The van der Waals surface area contributed by atoms with Gasteiger partial charge in [-0.05, 0) is 25.3 Å². The number of aryl methyl sites for hydroxylation is 1. The number of carbonyl (C=O) groups excluding carboxylic acids is 1. The molecule has 1 aliphatic rings. The third kappa shape index (κ3) is 1.79. The molecule has 0 radical (unpaired) electrons. The van der Waals surface area contributed by atoms with Crippen LogP contribution in [0.1, 0.15) is 29.9 Å². The minimum Gasteiger partial charge on any atom is -0.356 e. The Morgan fingerprint density at radius 1 is 1.29 bits per heavy atom. The van der Waals surface area contributed by atoms with Crippen LogP contribution in [0.2, 0.25) is 0 Å². The van der Waals surface area contributed by atoms with E-state index >= 15 is 0 Å². The molecule has 1 amide bonds. The summed E-state index contributed by atoms with van der Waals surface area (Å²) in [7, 11) is 0. The Morgan fingerprint density at radius 3 is 2.64 bits per heavy atom. The fourth-order valence-electron chi connectivity index (χ4n) is 1.89. The van der Waals surface area contributed by atoms with E-state index in [1.807, 2.05) is 0 Å². The van der Waals surface area contributed by atoms with Gasteiger partial charge in [-0.25, -0.2) is 0 Å². The molecular weight excluding hydrogens is 174 g/mol. The molecule has 14 heavy (non-hydrogen) atoms. The second-order valence-corrected chi connectivity index (χ2v) is 3.90. The molecule has 1 aromatic rings. The first kappa shape index (κ1) is 9.25. The minimum absolute atomic E-state index is 0.0735. The van der Waals surface area contributed by atoms with Crippen molar-refractivity contribution >= 4 is 5.91 Å². The summed E-state index contributed by atoms with van der Waals surface area (Å²) < 4.78 is 0. The van der Waals surface area contributed by atoms with Gasteiger partial charge in [0.25, 0.3) is 0 Å². The Bertz CT molecular complexity index is 329. The fraction of sp³-hybridized carbons (Fsp3) is 0.417. The molecule has 74 valence electrons. The topological polar surface area (TPSA) is 29.1 Å². The normalized spacial score (nSPS) is 21.8. The molecule has 1 aliphatic heterocycles. The predicted molar refractivity (Wildman–Crippen MR) is 56.2 cm³/mol. The zero-order valence-electron chi connectivity index (χ0n) is 8.42. The first-order chi connectivity index (χ1) is 6.77. The molecule has 0 aliphatic carbocycles. The predicted octanol–water partition coefficient (Wildman–Crippen LogP) is 1.99. The van der Waals surface area contributed by atoms with E-state index in [4.69, 9.17) is 0 Å². The Labute approximate surface area is 84.3 Å². The summed E-state index contributed by atoms with van der Waals surface area (Å²) >= 11 is 0. The van der Waals surface area contributed by atoms with Gasteiger partial charge in [-0.2, -0.15) is 0 Å². The average Bonchev–Trinajstić information content (AvgIpc) is 2.20. The molecule has 0 aromatic heterocycles. The summed E-state index contributed by atoms with van der Waals surface area (Å²) in [5, 5.41) is 2.91. The summed E-state index contributed by atoms with van der Waals surface area (Å²) in [4.78, 5) is 11.6. The van der Waals surface area contributed by atoms with E-state index in [0.29, 0.717) is 0 Å². The number of benzene rings is 1. The van der Waals surface area contributed by atoms with E-state index in [2.05, 4.69) is 36.5 Å². The molecule has 0 spiro atoms. The summed E-state index contributed by atoms with van der Waals surface area (Å²) in [6.07, 6.45) is 2.07. The van der Waals surface area contributed by atoms with Crippen LogP contribution in [0.3, 0.4) is 0 Å². The Morgan fingerprint density at radius 2 is 2.00 bits per heavy atom. The SMILES string of the molecule is Cc1ccc(C2CCCNC2=O)cc1. The van der Waals surface area contributed by atoms with Gasteiger partial charge in [-0.3, -0.25) is 4.79 Å². The summed E-state index contributed by atoms with van der Waals surface area (Å²) in [5.74, 6) is 0.254. The largest absolute Gasteiger partial charge is 0.356 e. The molecule has 1 unspecified atom stereocenters. The molecule has 2 heteroatoms. The number of nitrogens with one attached hydrogen (secondary N) is 1. The third-order valence-electron chi connectivity index (χ3n) is 2.77. The van der Waals surface area contributed by atoms with Crippen LogP contribution < -0.4 is 5.32 Å². The van der Waals surface area contributed by atoms with Gasteiger partial charge in [0, 0.05) is 6.54 Å². The number of rotatable bonds is 1. The molecule has 1 atom stereocenters. The Balaban J connectivity index is 2.20. The smallest absolute Gasteiger partial charge is 0.227 e. The van der Waals surface area contributed by atoms with Crippen molar-refractivity contribution in [3.63, 3.8) is 0 Å². The molecule has 1 N–H and O–H groups in total. The lowest BCUT2D eigenvalue weighted by Crippen LogP contribution is -2.34. The lowest BCUT2D eigenvalue weighted by molar-refractivity contribution is -0.123. The maximum atomic E-state index is 11.6. The second kappa shape index (κ2) is 3.82. The van der Waals surface area contributed by atoms with Gasteiger partial charge < -0.3 is 5.32 Å². The van der Waals surface area contributed by atoms with E-state index in [1.165, 1.54) is 5.56 Å². The molecule has 1 saturated heterocycles. The van der Waals surface area contributed by atoms with Crippen LogP contribution in [0.4, 0.5) is 0 Å². The van der Waals surface area contributed by atoms with Crippen molar-refractivity contribution in [1.29, 1.82) is 0 Å². The van der Waals surface area contributed by atoms with E-state index < -0.39 is 0 Å². The van der Waals surface area contributed by atoms with Crippen molar-refractivity contribution in [3.8, 4) is 0 Å². The van der Waals surface area contributed by atoms with Crippen molar-refractivity contribution in [2.75, 3.05) is 6.54 Å². The highest BCUT2D eigenvalue weighted by Gasteiger charge is 2.22. The number of hydrogen-bond acceptors (Lipinski definition) is 1. The van der Waals surface area contributed by atoms with Crippen molar-refractivity contribution < 1.29 is 4.79 Å². The number of carbonyl (C=O) groups is 1. The molecule has 0 saturated carbocycles. The quantitative estimate of drug-likeness (QED) is 0.719. The van der Waals surface area contributed by atoms with Gasteiger partial charge in [0.15, 0.2) is 0 Å². The molecule has 2 nitrogen and oxygen atoms in total. The maximum Gasteiger partial charge on any atom is 0.227 e. The fourth-order valence-corrected chi connectivity index (χ4v) is 1.89. The van der Waals surface area contributed by atoms with Crippen molar-refractivity contribution in [1.82, 2.24) is 5.32 Å². The molecule has 0 bridgehead atoms. The van der Waals surface area contributed by atoms with Crippen LogP contribution in [0.5, 0.6) is 0 Å². The van der Waals surface area contributed by atoms with Gasteiger partial charge in [-0.15, -0.1) is 0 Å². The lowest BCUT2D eigenvalue weighted by Gasteiger charge is -2.22. The highest BCUT2D eigenvalue weighted by atomic mass is 16.1. The van der Waals surface area contributed by atoms with Gasteiger partial charge in [-0.1, -0.05) is 29.8 Å². The summed E-state index contributed by atoms with van der Waals surface area (Å²) in [6.45, 7) is 2.89. The van der Waals surface area contributed by atoms with Crippen LogP contribution in [0.15, 0.2) is 24.3 Å². The molecule has 1 fully saturated rings. The monoisotopic (exact) mass is 189 g/mol. The van der Waals surface area contributed by atoms with Crippen LogP contribution in [0, 0.1) is 6.92 Å². The highest BCUT2D eigenvalue weighted by Crippen LogP contribution is 2.24. The van der Waals surface area contributed by atoms with Gasteiger partial charge in [0.2, 0.25) is 5.91 Å². The second-order valence-electron chi connectivity index (χ2n) is 3.90. The van der Waals surface area contributed by atoms with E-state index in [0.717, 1.165) is 24.9 Å². The van der Waals surface area contributed by atoms with Gasteiger partial charge in [0.05, 0.1) is 5.92 Å². The van der Waals surface area contributed by atoms with Crippen molar-refractivity contribution in [2.24, 2.45) is 0 Å². The number of amides is 1. The zero-order valence-corrected chi connectivity index (χ0v) is 8.42. The maximum absolute atomic E-state index is 11.6. The molecule has 1 heterocycles. The number of hydrogen-bond donors (Lipinski definition) is 1. The standard InChI is InChI=1S/C12H15NO/c1-9-4-6-10(7-5-9)11-3-2-8-13-12(11)14/h4-7,11H,2-3,8H2,1H3,(H,13,14). The Kier molecular flexibility index (Phi) is 2.53.